The van der Waals surface area contributed by atoms with Gasteiger partial charge in [0.15, 0.2) is 16.4 Å². The third-order valence-corrected chi connectivity index (χ3v) is 5.82. The van der Waals surface area contributed by atoms with E-state index in [4.69, 9.17) is 4.74 Å². The maximum Gasteiger partial charge on any atom is 0.312 e. The summed E-state index contributed by atoms with van der Waals surface area (Å²) in [5, 5.41) is 9.66. The van der Waals surface area contributed by atoms with Crippen LogP contribution in [-0.4, -0.2) is 54.6 Å². The van der Waals surface area contributed by atoms with Crippen LogP contribution in [0.1, 0.15) is 12.1 Å². The zero-order valence-electron chi connectivity index (χ0n) is 13.7. The lowest BCUT2D eigenvalue weighted by Gasteiger charge is -2.11. The van der Waals surface area contributed by atoms with Crippen LogP contribution >= 0.6 is 0 Å². The quantitative estimate of drug-likeness (QED) is 0.657. The molecule has 1 amide bonds. The fourth-order valence-electron chi connectivity index (χ4n) is 2.82. The van der Waals surface area contributed by atoms with Gasteiger partial charge in [-0.15, -0.1) is 0 Å². The zero-order chi connectivity index (χ0) is 18.7. The molecule has 9 nitrogen and oxygen atoms in total. The second kappa shape index (κ2) is 7.24. The SMILES string of the molecule is O=C(COC(=O)Cc1n[nH]c(=O)c2ccccc12)N[C@@H]1CCS(=O)(=O)C1. The van der Waals surface area contributed by atoms with Crippen LogP contribution in [0, 0.1) is 0 Å². The number of hydrogen-bond donors (Lipinski definition) is 2. The molecule has 1 saturated heterocycles. The van der Waals surface area contributed by atoms with Crippen molar-refractivity contribution >= 4 is 32.5 Å². The van der Waals surface area contributed by atoms with Crippen molar-refractivity contribution < 1.29 is 22.7 Å². The van der Waals surface area contributed by atoms with E-state index in [1.165, 1.54) is 0 Å². The molecule has 0 unspecified atom stereocenters. The molecule has 0 aliphatic carbocycles. The first-order valence-corrected chi connectivity index (χ1v) is 9.78. The number of esters is 1. The highest BCUT2D eigenvalue weighted by Gasteiger charge is 2.29. The number of amides is 1. The Morgan fingerprint density at radius 2 is 2.00 bits per heavy atom. The minimum absolute atomic E-state index is 0.0443. The largest absolute Gasteiger partial charge is 0.455 e. The average molecular weight is 379 g/mol. The third kappa shape index (κ3) is 4.26. The normalized spacial score (nSPS) is 18.5. The number of nitrogens with one attached hydrogen (secondary N) is 2. The van der Waals surface area contributed by atoms with E-state index >= 15 is 0 Å². The Bertz CT molecular complexity index is 1010. The Morgan fingerprint density at radius 3 is 2.69 bits per heavy atom. The molecule has 10 heteroatoms. The predicted molar refractivity (Wildman–Crippen MR) is 92.2 cm³/mol. The van der Waals surface area contributed by atoms with Gasteiger partial charge in [-0.1, -0.05) is 18.2 Å². The standard InChI is InChI=1S/C16H17N3O6S/c20-14(17-10-5-6-26(23,24)9-10)8-25-15(21)7-13-11-3-1-2-4-12(11)16(22)19-18-13/h1-4,10H,5-9H2,(H,17,20)(H,19,22)/t10-/m1/s1. The van der Waals surface area contributed by atoms with Crippen LogP contribution in [0.4, 0.5) is 0 Å². The summed E-state index contributed by atoms with van der Waals surface area (Å²) in [5.41, 5.74) is -0.0175. The number of ether oxygens (including phenoxy) is 1. The van der Waals surface area contributed by atoms with Crippen LogP contribution in [0.25, 0.3) is 10.8 Å². The number of rotatable bonds is 5. The van der Waals surface area contributed by atoms with Crippen molar-refractivity contribution in [2.75, 3.05) is 18.1 Å². The summed E-state index contributed by atoms with van der Waals surface area (Å²) < 4.78 is 27.6. The molecule has 2 heterocycles. The summed E-state index contributed by atoms with van der Waals surface area (Å²) in [6.45, 7) is -0.503. The van der Waals surface area contributed by atoms with Crippen LogP contribution in [0.15, 0.2) is 29.1 Å². The van der Waals surface area contributed by atoms with E-state index in [0.717, 1.165) is 0 Å². The molecule has 1 fully saturated rings. The average Bonchev–Trinajstić information content (AvgIpc) is 2.94. The topological polar surface area (TPSA) is 135 Å². The van der Waals surface area contributed by atoms with E-state index in [9.17, 15) is 22.8 Å². The number of nitrogens with zero attached hydrogens (tertiary/aromatic N) is 1. The van der Waals surface area contributed by atoms with E-state index in [0.29, 0.717) is 22.9 Å². The molecule has 0 spiro atoms. The number of aromatic nitrogens is 2. The molecule has 1 aliphatic rings. The highest BCUT2D eigenvalue weighted by Crippen LogP contribution is 2.13. The van der Waals surface area contributed by atoms with Gasteiger partial charge in [0, 0.05) is 11.4 Å². The number of benzene rings is 1. The van der Waals surface area contributed by atoms with Crippen molar-refractivity contribution in [3.05, 3.63) is 40.3 Å². The number of carbonyl (C=O) groups excluding carboxylic acids is 2. The van der Waals surface area contributed by atoms with Crippen LogP contribution in [-0.2, 0) is 30.6 Å². The van der Waals surface area contributed by atoms with Crippen molar-refractivity contribution in [3.8, 4) is 0 Å². The molecule has 1 aromatic heterocycles. The molecule has 0 bridgehead atoms. The molecule has 1 aromatic carbocycles. The number of H-pyrrole nitrogens is 1. The molecule has 0 saturated carbocycles. The van der Waals surface area contributed by atoms with Crippen LogP contribution in [0.5, 0.6) is 0 Å². The van der Waals surface area contributed by atoms with Crippen molar-refractivity contribution in [2.45, 2.75) is 18.9 Å². The van der Waals surface area contributed by atoms with Gasteiger partial charge in [0.2, 0.25) is 0 Å². The molecule has 0 radical (unpaired) electrons. The summed E-state index contributed by atoms with van der Waals surface area (Å²) >= 11 is 0. The lowest BCUT2D eigenvalue weighted by molar-refractivity contribution is -0.148. The lowest BCUT2D eigenvalue weighted by Crippen LogP contribution is -2.38. The van der Waals surface area contributed by atoms with Gasteiger partial charge in [-0.2, -0.15) is 5.10 Å². The van der Waals surface area contributed by atoms with Crippen LogP contribution in [0.3, 0.4) is 0 Å². The maximum absolute atomic E-state index is 12.0. The number of sulfone groups is 1. The van der Waals surface area contributed by atoms with Crippen LogP contribution in [0.2, 0.25) is 0 Å². The zero-order valence-corrected chi connectivity index (χ0v) is 14.5. The Labute approximate surface area is 148 Å². The van der Waals surface area contributed by atoms with Crippen LogP contribution < -0.4 is 10.9 Å². The van der Waals surface area contributed by atoms with E-state index in [1.807, 2.05) is 0 Å². The number of fused-ring (bicyclic) bond motifs is 1. The number of hydrogen-bond acceptors (Lipinski definition) is 7. The van der Waals surface area contributed by atoms with Gasteiger partial charge in [0.25, 0.3) is 11.5 Å². The van der Waals surface area contributed by atoms with Crippen molar-refractivity contribution in [1.29, 1.82) is 0 Å². The summed E-state index contributed by atoms with van der Waals surface area (Å²) in [7, 11) is -3.10. The highest BCUT2D eigenvalue weighted by atomic mass is 32.2. The molecule has 1 atom stereocenters. The molecular weight excluding hydrogens is 362 g/mol. The highest BCUT2D eigenvalue weighted by molar-refractivity contribution is 7.91. The van der Waals surface area contributed by atoms with Gasteiger partial charge in [-0.25, -0.2) is 13.5 Å². The Balaban J connectivity index is 1.56. The van der Waals surface area contributed by atoms with E-state index in [1.54, 1.807) is 24.3 Å². The van der Waals surface area contributed by atoms with Gasteiger partial charge in [-0.3, -0.25) is 14.4 Å². The molecule has 138 valence electrons. The molecule has 26 heavy (non-hydrogen) atoms. The first-order valence-electron chi connectivity index (χ1n) is 7.96. The first kappa shape index (κ1) is 18.1. The molecule has 2 N–H and O–H groups in total. The van der Waals surface area contributed by atoms with E-state index in [2.05, 4.69) is 15.5 Å². The summed E-state index contributed by atoms with van der Waals surface area (Å²) in [5.74, 6) is -1.29. The van der Waals surface area contributed by atoms with E-state index < -0.39 is 34.4 Å². The fraction of sp³-hybridized carbons (Fsp3) is 0.375. The van der Waals surface area contributed by atoms with Crippen molar-refractivity contribution in [1.82, 2.24) is 15.5 Å². The summed E-state index contributed by atoms with van der Waals surface area (Å²) in [6, 6.07) is 6.27. The first-order chi connectivity index (χ1) is 12.3. The predicted octanol–water partition coefficient (Wildman–Crippen LogP) is -0.688. The fourth-order valence-corrected chi connectivity index (χ4v) is 4.49. The second-order valence-electron chi connectivity index (χ2n) is 6.05. The van der Waals surface area contributed by atoms with Gasteiger partial charge < -0.3 is 10.1 Å². The van der Waals surface area contributed by atoms with Crippen molar-refractivity contribution in [3.63, 3.8) is 0 Å². The van der Waals surface area contributed by atoms with Crippen molar-refractivity contribution in [2.24, 2.45) is 0 Å². The Morgan fingerprint density at radius 1 is 1.27 bits per heavy atom. The number of aromatic amines is 1. The molecule has 3 rings (SSSR count). The maximum atomic E-state index is 12.0. The van der Waals surface area contributed by atoms with Gasteiger partial charge in [0.1, 0.15) is 0 Å². The minimum atomic E-state index is -3.10. The smallest absolute Gasteiger partial charge is 0.312 e. The van der Waals surface area contributed by atoms with Gasteiger partial charge >= 0.3 is 5.97 Å². The lowest BCUT2D eigenvalue weighted by atomic mass is 10.1. The van der Waals surface area contributed by atoms with Gasteiger partial charge in [0.05, 0.1) is 29.0 Å². The van der Waals surface area contributed by atoms with Gasteiger partial charge in [-0.05, 0) is 12.5 Å². The Kier molecular flexibility index (Phi) is 5.03. The summed E-state index contributed by atoms with van der Waals surface area (Å²) in [6.07, 6.45) is 0.150. The number of carbonyl (C=O) groups is 2. The molecular formula is C16H17N3O6S. The second-order valence-corrected chi connectivity index (χ2v) is 8.28. The Hall–Kier alpha value is -2.75. The molecule has 2 aromatic rings. The molecule has 1 aliphatic heterocycles. The van der Waals surface area contributed by atoms with E-state index in [-0.39, 0.29) is 23.5 Å². The summed E-state index contributed by atoms with van der Waals surface area (Å²) in [4.78, 5) is 35.4. The third-order valence-electron chi connectivity index (χ3n) is 4.05. The monoisotopic (exact) mass is 379 g/mol. The minimum Gasteiger partial charge on any atom is -0.455 e.